The topological polar surface area (TPSA) is 107 Å². The Balaban J connectivity index is 1.77. The lowest BCUT2D eigenvalue weighted by atomic mass is 10.0. The molecule has 0 bridgehead atoms. The molecule has 3 heterocycles. The van der Waals surface area contributed by atoms with E-state index in [1.54, 1.807) is 25.4 Å². The van der Waals surface area contributed by atoms with Crippen LogP contribution in [0.25, 0.3) is 11.2 Å². The van der Waals surface area contributed by atoms with E-state index in [2.05, 4.69) is 20.3 Å². The number of hydrogen-bond acceptors (Lipinski definition) is 6. The van der Waals surface area contributed by atoms with E-state index in [0.29, 0.717) is 41.0 Å². The normalized spacial score (nSPS) is 13.6. The van der Waals surface area contributed by atoms with Crippen LogP contribution in [0.15, 0.2) is 27.9 Å². The number of H-pyrrole nitrogens is 1. The van der Waals surface area contributed by atoms with Gasteiger partial charge in [-0.1, -0.05) is 18.5 Å². The van der Waals surface area contributed by atoms with Gasteiger partial charge in [0.05, 0.1) is 6.54 Å². The molecule has 2 N–H and O–H groups in total. The maximum Gasteiger partial charge on any atom is 0.332 e. The van der Waals surface area contributed by atoms with Crippen LogP contribution in [0.1, 0.15) is 26.1 Å². The Kier molecular flexibility index (Phi) is 5.57. The molecule has 0 radical (unpaired) electrons. The van der Waals surface area contributed by atoms with Crippen LogP contribution < -0.4 is 21.3 Å². The Morgan fingerprint density at radius 2 is 2.07 bits per heavy atom. The van der Waals surface area contributed by atoms with Crippen molar-refractivity contribution in [1.82, 2.24) is 29.4 Å². The number of imidazole rings is 1. The lowest BCUT2D eigenvalue weighted by molar-refractivity contribution is 0.181. The third-order valence-electron chi connectivity index (χ3n) is 4.86. The molecule has 10 heteroatoms. The minimum Gasteiger partial charge on any atom is -0.475 e. The standard InChI is InChI=1S/C18H23ClN6O3/c1-5-18(2,10-28-15-11(19)7-6-8-20-15)21-9-12-22-13-14(23-12)24(3)17(27)25(4)16(13)26/h6-8,21H,5,9-10H2,1-4H3,(H,22,23). The van der Waals surface area contributed by atoms with E-state index in [9.17, 15) is 9.59 Å². The number of hydrogen-bond donors (Lipinski definition) is 2. The van der Waals surface area contributed by atoms with Crippen molar-refractivity contribution >= 4 is 22.8 Å². The first-order chi connectivity index (χ1) is 13.3. The molecule has 28 heavy (non-hydrogen) atoms. The van der Waals surface area contributed by atoms with Gasteiger partial charge in [-0.3, -0.25) is 13.9 Å². The third-order valence-corrected chi connectivity index (χ3v) is 5.15. The number of rotatable bonds is 7. The number of aromatic nitrogens is 5. The lowest BCUT2D eigenvalue weighted by Gasteiger charge is -2.29. The fourth-order valence-electron chi connectivity index (χ4n) is 2.74. The Morgan fingerprint density at radius 3 is 2.75 bits per heavy atom. The van der Waals surface area contributed by atoms with Gasteiger partial charge in [-0.15, -0.1) is 0 Å². The van der Waals surface area contributed by atoms with E-state index in [4.69, 9.17) is 16.3 Å². The molecule has 3 aromatic rings. The highest BCUT2D eigenvalue weighted by Gasteiger charge is 2.24. The summed E-state index contributed by atoms with van der Waals surface area (Å²) in [6.45, 7) is 4.77. The molecule has 0 aromatic carbocycles. The van der Waals surface area contributed by atoms with Crippen molar-refractivity contribution in [2.75, 3.05) is 6.61 Å². The van der Waals surface area contributed by atoms with Gasteiger partial charge in [0.25, 0.3) is 5.56 Å². The van der Waals surface area contributed by atoms with Gasteiger partial charge < -0.3 is 15.0 Å². The second-order valence-electron chi connectivity index (χ2n) is 6.93. The molecule has 0 amide bonds. The number of pyridine rings is 1. The zero-order valence-corrected chi connectivity index (χ0v) is 17.0. The molecule has 0 aliphatic heterocycles. The van der Waals surface area contributed by atoms with Crippen molar-refractivity contribution in [2.24, 2.45) is 14.1 Å². The van der Waals surface area contributed by atoms with Gasteiger partial charge in [0, 0.05) is 25.8 Å². The predicted molar refractivity (Wildman–Crippen MR) is 107 cm³/mol. The zero-order valence-electron chi connectivity index (χ0n) is 16.2. The van der Waals surface area contributed by atoms with Crippen molar-refractivity contribution in [2.45, 2.75) is 32.4 Å². The van der Waals surface area contributed by atoms with Crippen LogP contribution in [0.4, 0.5) is 0 Å². The average molecular weight is 407 g/mol. The molecule has 0 saturated carbocycles. The van der Waals surface area contributed by atoms with E-state index in [1.807, 2.05) is 13.8 Å². The van der Waals surface area contributed by atoms with Gasteiger partial charge in [-0.2, -0.15) is 0 Å². The molecule has 3 rings (SSSR count). The third kappa shape index (κ3) is 3.81. The van der Waals surface area contributed by atoms with Gasteiger partial charge >= 0.3 is 5.69 Å². The highest BCUT2D eigenvalue weighted by Crippen LogP contribution is 2.22. The van der Waals surface area contributed by atoms with Gasteiger partial charge in [0.2, 0.25) is 5.88 Å². The summed E-state index contributed by atoms with van der Waals surface area (Å²) < 4.78 is 8.18. The molecule has 3 aromatic heterocycles. The van der Waals surface area contributed by atoms with E-state index in [1.165, 1.54) is 11.6 Å². The fourth-order valence-corrected chi connectivity index (χ4v) is 2.91. The molecule has 0 spiro atoms. The summed E-state index contributed by atoms with van der Waals surface area (Å²) >= 11 is 6.09. The van der Waals surface area contributed by atoms with Gasteiger partial charge in [-0.05, 0) is 25.5 Å². The number of nitrogens with zero attached hydrogens (tertiary/aromatic N) is 4. The maximum absolute atomic E-state index is 12.3. The Morgan fingerprint density at radius 1 is 1.32 bits per heavy atom. The van der Waals surface area contributed by atoms with Crippen molar-refractivity contribution in [1.29, 1.82) is 0 Å². The summed E-state index contributed by atoms with van der Waals surface area (Å²) in [5, 5.41) is 3.85. The highest BCUT2D eigenvalue weighted by molar-refractivity contribution is 6.31. The minimum absolute atomic E-state index is 0.302. The Hall–Kier alpha value is -2.65. The van der Waals surface area contributed by atoms with E-state index >= 15 is 0 Å². The van der Waals surface area contributed by atoms with Crippen LogP contribution in [0.2, 0.25) is 5.02 Å². The Labute approximate surface area is 166 Å². The van der Waals surface area contributed by atoms with E-state index < -0.39 is 11.2 Å². The fraction of sp³-hybridized carbons (Fsp3) is 0.444. The highest BCUT2D eigenvalue weighted by atomic mass is 35.5. The molecule has 1 atom stereocenters. The minimum atomic E-state index is -0.414. The number of aryl methyl sites for hydroxylation is 1. The van der Waals surface area contributed by atoms with Crippen molar-refractivity contribution in [3.63, 3.8) is 0 Å². The van der Waals surface area contributed by atoms with Crippen molar-refractivity contribution < 1.29 is 4.74 Å². The number of ether oxygens (including phenoxy) is 1. The van der Waals surface area contributed by atoms with Crippen LogP contribution >= 0.6 is 11.6 Å². The lowest BCUT2D eigenvalue weighted by Crippen LogP contribution is -2.46. The first kappa shape index (κ1) is 20.1. The number of halogens is 1. The van der Waals surface area contributed by atoms with Gasteiger partial charge in [0.1, 0.15) is 23.0 Å². The molecule has 0 saturated heterocycles. The van der Waals surface area contributed by atoms with Crippen molar-refractivity contribution in [3.05, 3.63) is 50.0 Å². The largest absolute Gasteiger partial charge is 0.475 e. The van der Waals surface area contributed by atoms with Crippen LogP contribution in [0.5, 0.6) is 5.88 Å². The summed E-state index contributed by atoms with van der Waals surface area (Å²) in [7, 11) is 3.03. The van der Waals surface area contributed by atoms with Gasteiger partial charge in [0.15, 0.2) is 5.65 Å². The Bertz CT molecular complexity index is 1120. The molecule has 1 unspecified atom stereocenters. The maximum atomic E-state index is 12.3. The smallest absolute Gasteiger partial charge is 0.332 e. The summed E-state index contributed by atoms with van der Waals surface area (Å²) in [6.07, 6.45) is 2.40. The summed E-state index contributed by atoms with van der Waals surface area (Å²) in [4.78, 5) is 35.9. The number of fused-ring (bicyclic) bond motifs is 1. The number of nitrogens with one attached hydrogen (secondary N) is 2. The second kappa shape index (κ2) is 7.76. The first-order valence-electron chi connectivity index (χ1n) is 8.88. The molecule has 0 aliphatic carbocycles. The van der Waals surface area contributed by atoms with Crippen LogP contribution in [-0.4, -0.2) is 36.2 Å². The second-order valence-corrected chi connectivity index (χ2v) is 7.34. The SMILES string of the molecule is CCC(C)(COc1ncccc1Cl)NCc1nc2c([nH]1)c(=O)n(C)c(=O)n2C. The molecule has 0 aliphatic rings. The predicted octanol–water partition coefficient (Wildman–Crippen LogP) is 1.35. The summed E-state index contributed by atoms with van der Waals surface area (Å²) in [6, 6.07) is 3.46. The zero-order chi connectivity index (χ0) is 20.5. The monoisotopic (exact) mass is 406 g/mol. The van der Waals surface area contributed by atoms with E-state index in [0.717, 1.165) is 11.0 Å². The number of aromatic amines is 1. The molecule has 150 valence electrons. The quantitative estimate of drug-likeness (QED) is 0.613. The van der Waals surface area contributed by atoms with Crippen LogP contribution in [-0.2, 0) is 20.6 Å². The van der Waals surface area contributed by atoms with Crippen molar-refractivity contribution in [3.8, 4) is 5.88 Å². The molecule has 9 nitrogen and oxygen atoms in total. The molecular weight excluding hydrogens is 384 g/mol. The van der Waals surface area contributed by atoms with Gasteiger partial charge in [-0.25, -0.2) is 14.8 Å². The van der Waals surface area contributed by atoms with Crippen LogP contribution in [0, 0.1) is 0 Å². The molecule has 0 fully saturated rings. The summed E-state index contributed by atoms with van der Waals surface area (Å²) in [5.74, 6) is 0.941. The molecular formula is C18H23ClN6O3. The average Bonchev–Trinajstić information content (AvgIpc) is 3.13. The summed E-state index contributed by atoms with van der Waals surface area (Å²) in [5.41, 5.74) is -0.557. The van der Waals surface area contributed by atoms with Crippen LogP contribution in [0.3, 0.4) is 0 Å². The van der Waals surface area contributed by atoms with E-state index in [-0.39, 0.29) is 5.54 Å². The first-order valence-corrected chi connectivity index (χ1v) is 9.26.